The van der Waals surface area contributed by atoms with Crippen LogP contribution in [0.4, 0.5) is 23.0 Å². The topological polar surface area (TPSA) is 115 Å². The van der Waals surface area contributed by atoms with E-state index in [1.54, 1.807) is 6.07 Å². The van der Waals surface area contributed by atoms with Crippen LogP contribution in [0.5, 0.6) is 0 Å². The third kappa shape index (κ3) is 2.78. The fraction of sp³-hybridized carbons (Fsp3) is 0.235. The molecule has 9 heteroatoms. The molecule has 0 unspecified atom stereocenters. The first kappa shape index (κ1) is 16.5. The molecule has 0 aliphatic carbocycles. The number of hydrogen-bond acceptors (Lipinski definition) is 6. The molecule has 2 aromatic heterocycles. The zero-order valence-corrected chi connectivity index (χ0v) is 14.7. The second kappa shape index (κ2) is 6.38. The van der Waals surface area contributed by atoms with Crippen LogP contribution in [-0.2, 0) is 0 Å². The molecular formula is C17H18ClN7O. The molecule has 0 saturated carbocycles. The van der Waals surface area contributed by atoms with Crippen LogP contribution < -0.4 is 21.7 Å². The summed E-state index contributed by atoms with van der Waals surface area (Å²) in [6, 6.07) is 7.45. The standard InChI is InChI=1S/C17H18ClN7O/c18-15-11(4-3-5-12(15)24-6-1-2-7-24)22-14-8-13(19)25-17(23-14)10(9-21-25)16(20)26/h3-5,8-9H,1-2,6-7,19H2,(H2,20,26)(H,22,23). The summed E-state index contributed by atoms with van der Waals surface area (Å²) in [5, 5.41) is 7.84. The summed E-state index contributed by atoms with van der Waals surface area (Å²) in [5.74, 6) is 0.174. The molecule has 0 radical (unpaired) electrons. The van der Waals surface area contributed by atoms with E-state index in [9.17, 15) is 4.79 Å². The highest BCUT2D eigenvalue weighted by atomic mass is 35.5. The number of rotatable bonds is 4. The first-order valence-corrected chi connectivity index (χ1v) is 8.67. The van der Waals surface area contributed by atoms with E-state index in [4.69, 9.17) is 23.1 Å². The minimum Gasteiger partial charge on any atom is -0.383 e. The van der Waals surface area contributed by atoms with E-state index in [1.165, 1.54) is 23.6 Å². The van der Waals surface area contributed by atoms with Crippen molar-refractivity contribution in [2.24, 2.45) is 5.73 Å². The van der Waals surface area contributed by atoms with Gasteiger partial charge < -0.3 is 21.7 Å². The average Bonchev–Trinajstić information content (AvgIpc) is 3.26. The fourth-order valence-electron chi connectivity index (χ4n) is 3.18. The van der Waals surface area contributed by atoms with Crippen molar-refractivity contribution >= 4 is 46.2 Å². The molecule has 5 N–H and O–H groups in total. The number of hydrogen-bond donors (Lipinski definition) is 3. The summed E-state index contributed by atoms with van der Waals surface area (Å²) in [6.07, 6.45) is 3.69. The lowest BCUT2D eigenvalue weighted by atomic mass is 10.2. The monoisotopic (exact) mass is 371 g/mol. The van der Waals surface area contributed by atoms with Crippen LogP contribution in [0.3, 0.4) is 0 Å². The molecule has 3 heterocycles. The molecule has 1 fully saturated rings. The van der Waals surface area contributed by atoms with Crippen molar-refractivity contribution in [3.63, 3.8) is 0 Å². The Morgan fingerprint density at radius 3 is 2.77 bits per heavy atom. The first-order chi connectivity index (χ1) is 12.5. The number of halogens is 1. The van der Waals surface area contributed by atoms with Crippen molar-refractivity contribution in [1.82, 2.24) is 14.6 Å². The highest BCUT2D eigenvalue weighted by molar-refractivity contribution is 6.36. The molecule has 26 heavy (non-hydrogen) atoms. The number of benzene rings is 1. The van der Waals surface area contributed by atoms with E-state index < -0.39 is 5.91 Å². The van der Waals surface area contributed by atoms with Crippen LogP contribution >= 0.6 is 11.6 Å². The molecule has 1 aliphatic heterocycles. The number of fused-ring (bicyclic) bond motifs is 1. The molecule has 0 spiro atoms. The zero-order chi connectivity index (χ0) is 18.3. The number of carbonyl (C=O) groups is 1. The number of nitrogens with two attached hydrogens (primary N) is 2. The minimum absolute atomic E-state index is 0.206. The first-order valence-electron chi connectivity index (χ1n) is 8.29. The van der Waals surface area contributed by atoms with Gasteiger partial charge in [0.25, 0.3) is 5.91 Å². The molecule has 1 aliphatic rings. The summed E-state index contributed by atoms with van der Waals surface area (Å²) in [4.78, 5) is 18.2. The maximum atomic E-state index is 11.5. The van der Waals surface area contributed by atoms with Crippen LogP contribution in [0.2, 0.25) is 5.02 Å². The van der Waals surface area contributed by atoms with E-state index in [2.05, 4.69) is 20.3 Å². The van der Waals surface area contributed by atoms with Crippen LogP contribution in [0, 0.1) is 0 Å². The lowest BCUT2D eigenvalue weighted by Gasteiger charge is -2.21. The third-order valence-electron chi connectivity index (χ3n) is 4.45. The Bertz CT molecular complexity index is 994. The predicted molar refractivity (Wildman–Crippen MR) is 102 cm³/mol. The van der Waals surface area contributed by atoms with Crippen LogP contribution in [0.25, 0.3) is 5.65 Å². The Morgan fingerprint density at radius 2 is 2.04 bits per heavy atom. The molecule has 8 nitrogen and oxygen atoms in total. The van der Waals surface area contributed by atoms with Gasteiger partial charge >= 0.3 is 0 Å². The van der Waals surface area contributed by atoms with Gasteiger partial charge in [0.2, 0.25) is 0 Å². The third-order valence-corrected chi connectivity index (χ3v) is 4.85. The Hall–Kier alpha value is -3.00. The largest absolute Gasteiger partial charge is 0.383 e. The molecule has 134 valence electrons. The average molecular weight is 372 g/mol. The Kier molecular flexibility index (Phi) is 4.04. The van der Waals surface area contributed by atoms with Gasteiger partial charge in [-0.15, -0.1) is 0 Å². The van der Waals surface area contributed by atoms with Gasteiger partial charge in [0.05, 0.1) is 22.6 Å². The molecular weight excluding hydrogens is 354 g/mol. The lowest BCUT2D eigenvalue weighted by molar-refractivity contribution is 0.100. The number of nitrogens with one attached hydrogen (secondary N) is 1. The number of anilines is 4. The molecule has 1 amide bonds. The van der Waals surface area contributed by atoms with E-state index in [0.717, 1.165) is 18.8 Å². The van der Waals surface area contributed by atoms with Crippen molar-refractivity contribution in [2.45, 2.75) is 12.8 Å². The normalized spacial score (nSPS) is 14.1. The van der Waals surface area contributed by atoms with E-state index in [-0.39, 0.29) is 5.56 Å². The number of aromatic nitrogens is 3. The fourth-order valence-corrected chi connectivity index (χ4v) is 3.47. The molecule has 1 saturated heterocycles. The van der Waals surface area contributed by atoms with Gasteiger partial charge in [-0.05, 0) is 25.0 Å². The Balaban J connectivity index is 1.72. The molecule has 4 rings (SSSR count). The SMILES string of the molecule is NC(=O)c1cnn2c(N)cc(Nc3cccc(N4CCCC4)c3Cl)nc12. The summed E-state index contributed by atoms with van der Waals surface area (Å²) in [7, 11) is 0. The zero-order valence-electron chi connectivity index (χ0n) is 13.9. The number of carbonyl (C=O) groups excluding carboxylic acids is 1. The summed E-state index contributed by atoms with van der Waals surface area (Å²) >= 11 is 6.60. The molecule has 0 atom stereocenters. The second-order valence-corrected chi connectivity index (χ2v) is 6.56. The van der Waals surface area contributed by atoms with Crippen LogP contribution in [0.15, 0.2) is 30.5 Å². The van der Waals surface area contributed by atoms with Gasteiger partial charge in [-0.1, -0.05) is 17.7 Å². The van der Waals surface area contributed by atoms with Gasteiger partial charge in [0, 0.05) is 19.2 Å². The number of nitrogen functional groups attached to an aromatic ring is 1. The van der Waals surface area contributed by atoms with Gasteiger partial charge in [-0.2, -0.15) is 9.61 Å². The van der Waals surface area contributed by atoms with Crippen molar-refractivity contribution in [2.75, 3.05) is 29.0 Å². The minimum atomic E-state index is -0.613. The van der Waals surface area contributed by atoms with Gasteiger partial charge in [0.1, 0.15) is 17.2 Å². The summed E-state index contributed by atoms with van der Waals surface area (Å²) < 4.78 is 1.37. The van der Waals surface area contributed by atoms with Crippen molar-refractivity contribution in [3.05, 3.63) is 41.0 Å². The predicted octanol–water partition coefficient (Wildman–Crippen LogP) is 2.41. The molecule has 1 aromatic carbocycles. The number of amides is 1. The maximum Gasteiger partial charge on any atom is 0.254 e. The highest BCUT2D eigenvalue weighted by Crippen LogP contribution is 2.36. The lowest BCUT2D eigenvalue weighted by Crippen LogP contribution is -2.18. The quantitative estimate of drug-likeness (QED) is 0.648. The summed E-state index contributed by atoms with van der Waals surface area (Å²) in [6.45, 7) is 2.00. The molecule has 0 bridgehead atoms. The Morgan fingerprint density at radius 1 is 1.27 bits per heavy atom. The maximum absolute atomic E-state index is 11.5. The number of primary amides is 1. The smallest absolute Gasteiger partial charge is 0.254 e. The van der Waals surface area contributed by atoms with Crippen LogP contribution in [-0.4, -0.2) is 33.6 Å². The summed E-state index contributed by atoms with van der Waals surface area (Å²) in [5.41, 5.74) is 13.6. The van der Waals surface area contributed by atoms with E-state index in [1.807, 2.05) is 18.2 Å². The van der Waals surface area contributed by atoms with Gasteiger partial charge in [0.15, 0.2) is 5.65 Å². The second-order valence-electron chi connectivity index (χ2n) is 6.18. The number of nitrogens with zero attached hydrogens (tertiary/aromatic N) is 4. The van der Waals surface area contributed by atoms with Gasteiger partial charge in [-0.3, -0.25) is 4.79 Å². The van der Waals surface area contributed by atoms with E-state index in [0.29, 0.717) is 28.0 Å². The Labute approximate surface area is 154 Å². The van der Waals surface area contributed by atoms with Crippen molar-refractivity contribution in [1.29, 1.82) is 0 Å². The van der Waals surface area contributed by atoms with Crippen LogP contribution in [0.1, 0.15) is 23.2 Å². The van der Waals surface area contributed by atoms with Crippen molar-refractivity contribution < 1.29 is 4.79 Å². The highest BCUT2D eigenvalue weighted by Gasteiger charge is 2.18. The van der Waals surface area contributed by atoms with E-state index >= 15 is 0 Å². The van der Waals surface area contributed by atoms with Gasteiger partial charge in [-0.25, -0.2) is 4.98 Å². The van der Waals surface area contributed by atoms with Crippen molar-refractivity contribution in [3.8, 4) is 0 Å². The molecule has 3 aromatic rings.